The average molecular weight is 410 g/mol. The van der Waals surface area contributed by atoms with Gasteiger partial charge in [-0.2, -0.15) is 0 Å². The topological polar surface area (TPSA) is 53.7 Å². The third kappa shape index (κ3) is 15.0. The number of halogens is 1. The molecule has 0 radical (unpaired) electrons. The molecule has 0 fully saturated rings. The Morgan fingerprint density at radius 3 is 1.69 bits per heavy atom. The van der Waals surface area contributed by atoms with Crippen molar-refractivity contribution in [2.75, 3.05) is 21.3 Å². The molecule has 0 aliphatic rings. The van der Waals surface area contributed by atoms with Crippen LogP contribution >= 0.6 is 12.4 Å². The molecule has 0 spiro atoms. The molecule has 0 aliphatic carbocycles. The molecule has 158 valence electrons. The van der Waals surface area contributed by atoms with E-state index in [1.54, 1.807) is 21.3 Å². The van der Waals surface area contributed by atoms with Crippen LogP contribution < -0.4 is 5.73 Å². The van der Waals surface area contributed by atoms with Crippen LogP contribution in [0.25, 0.3) is 0 Å². The van der Waals surface area contributed by atoms with Crippen LogP contribution in [-0.4, -0.2) is 30.1 Å². The van der Waals surface area contributed by atoms with E-state index >= 15 is 0 Å². The fraction of sp³-hybridized carbons (Fsp3) is 0.900. The van der Waals surface area contributed by atoms with Gasteiger partial charge in [0.25, 0.3) is 0 Å². The maximum atomic E-state index is 6.10. The molecule has 0 heterocycles. The molecule has 0 aliphatic heterocycles. The van der Waals surface area contributed by atoms with Crippen LogP contribution in [-0.2, 0) is 13.3 Å². The molecule has 0 saturated heterocycles. The number of allylic oxidation sites excluding steroid dienone is 2. The first-order valence-electron chi connectivity index (χ1n) is 10.2. The average Bonchev–Trinajstić information content (AvgIpc) is 2.63. The van der Waals surface area contributed by atoms with Gasteiger partial charge in [-0.05, 0) is 25.7 Å². The summed E-state index contributed by atoms with van der Waals surface area (Å²) < 4.78 is 16.3. The molecule has 2 N–H and O–H groups in total. The molecule has 0 rings (SSSR count). The zero-order valence-corrected chi connectivity index (χ0v) is 19.5. The molecule has 26 heavy (non-hydrogen) atoms. The molecule has 0 aromatic rings. The molecular formula is C20H44ClNO3Si. The first kappa shape index (κ1) is 28.1. The van der Waals surface area contributed by atoms with E-state index < -0.39 is 8.80 Å². The normalized spacial score (nSPS) is 12.2. The van der Waals surface area contributed by atoms with Crippen LogP contribution in [0, 0.1) is 0 Å². The summed E-state index contributed by atoms with van der Waals surface area (Å²) in [5, 5.41) is 0. The zero-order valence-electron chi connectivity index (χ0n) is 17.7. The SMILES string of the molecule is CCCCCCCCCCCCC=C(N)CCC[Si](OC)(OC)OC.Cl. The lowest BCUT2D eigenvalue weighted by Gasteiger charge is -2.24. The van der Waals surface area contributed by atoms with Gasteiger partial charge < -0.3 is 19.0 Å². The minimum absolute atomic E-state index is 0. The van der Waals surface area contributed by atoms with Gasteiger partial charge in [-0.3, -0.25) is 0 Å². The van der Waals surface area contributed by atoms with Gasteiger partial charge in [-0.1, -0.05) is 70.8 Å². The Labute approximate surface area is 170 Å². The van der Waals surface area contributed by atoms with Gasteiger partial charge >= 0.3 is 8.80 Å². The van der Waals surface area contributed by atoms with Gasteiger partial charge in [0.2, 0.25) is 0 Å². The van der Waals surface area contributed by atoms with Gasteiger partial charge in [0, 0.05) is 33.1 Å². The number of hydrogen-bond donors (Lipinski definition) is 1. The Hall–Kier alpha value is -0.0731. The highest BCUT2D eigenvalue weighted by Crippen LogP contribution is 2.18. The molecule has 0 amide bonds. The molecule has 0 saturated carbocycles. The first-order valence-corrected chi connectivity index (χ1v) is 12.2. The summed E-state index contributed by atoms with van der Waals surface area (Å²) in [7, 11) is 2.53. The van der Waals surface area contributed by atoms with E-state index in [0.717, 1.165) is 31.0 Å². The highest BCUT2D eigenvalue weighted by Gasteiger charge is 2.36. The quantitative estimate of drug-likeness (QED) is 0.215. The van der Waals surface area contributed by atoms with Crippen LogP contribution in [0.1, 0.15) is 90.4 Å². The number of unbranched alkanes of at least 4 members (excludes halogenated alkanes) is 10. The van der Waals surface area contributed by atoms with E-state index in [4.69, 9.17) is 19.0 Å². The predicted molar refractivity (Wildman–Crippen MR) is 117 cm³/mol. The first-order chi connectivity index (χ1) is 12.1. The van der Waals surface area contributed by atoms with Crippen molar-refractivity contribution < 1.29 is 13.3 Å². The molecule has 0 atom stereocenters. The number of hydrogen-bond acceptors (Lipinski definition) is 4. The maximum absolute atomic E-state index is 6.10. The van der Waals surface area contributed by atoms with Crippen molar-refractivity contribution in [3.63, 3.8) is 0 Å². The Kier molecular flexibility index (Phi) is 21.3. The number of rotatable bonds is 18. The van der Waals surface area contributed by atoms with Crippen molar-refractivity contribution in [2.45, 2.75) is 96.4 Å². The second kappa shape index (κ2) is 19.7. The molecule has 0 aromatic heterocycles. The van der Waals surface area contributed by atoms with Crippen LogP contribution in [0.4, 0.5) is 0 Å². The Morgan fingerprint density at radius 1 is 0.769 bits per heavy atom. The summed E-state index contributed by atoms with van der Waals surface area (Å²) >= 11 is 0. The smallest absolute Gasteiger partial charge is 0.402 e. The highest BCUT2D eigenvalue weighted by atomic mass is 35.5. The lowest BCUT2D eigenvalue weighted by molar-refractivity contribution is 0.123. The van der Waals surface area contributed by atoms with Crippen LogP contribution in [0.2, 0.25) is 6.04 Å². The zero-order chi connectivity index (χ0) is 18.8. The van der Waals surface area contributed by atoms with E-state index in [-0.39, 0.29) is 12.4 Å². The highest BCUT2D eigenvalue weighted by molar-refractivity contribution is 6.60. The van der Waals surface area contributed by atoms with Crippen LogP contribution in [0.5, 0.6) is 0 Å². The van der Waals surface area contributed by atoms with E-state index in [1.165, 1.54) is 64.2 Å². The summed E-state index contributed by atoms with van der Waals surface area (Å²) in [6.07, 6.45) is 18.9. The standard InChI is InChI=1S/C20H43NO3Si.ClH/c1-5-6-7-8-9-10-11-12-13-14-15-17-20(21)18-16-19-25(22-2,23-3)24-4;/h17H,5-16,18-19,21H2,1-4H3;1H. The monoisotopic (exact) mass is 409 g/mol. The van der Waals surface area contributed by atoms with Gasteiger partial charge in [-0.15, -0.1) is 12.4 Å². The summed E-state index contributed by atoms with van der Waals surface area (Å²) in [6, 6.07) is 0.809. The Bertz CT molecular complexity index is 318. The number of nitrogens with two attached hydrogens (primary N) is 1. The maximum Gasteiger partial charge on any atom is 0.500 e. The van der Waals surface area contributed by atoms with Crippen molar-refractivity contribution in [3.05, 3.63) is 11.8 Å². The van der Waals surface area contributed by atoms with Crippen molar-refractivity contribution in [2.24, 2.45) is 5.73 Å². The van der Waals surface area contributed by atoms with E-state index in [9.17, 15) is 0 Å². The van der Waals surface area contributed by atoms with Gasteiger partial charge in [0.1, 0.15) is 0 Å². The van der Waals surface area contributed by atoms with Gasteiger partial charge in [0.05, 0.1) is 0 Å². The lowest BCUT2D eigenvalue weighted by atomic mass is 10.1. The lowest BCUT2D eigenvalue weighted by Crippen LogP contribution is -2.42. The second-order valence-corrected chi connectivity index (χ2v) is 9.99. The third-order valence-corrected chi connectivity index (χ3v) is 7.68. The summed E-state index contributed by atoms with van der Waals surface area (Å²) in [5.41, 5.74) is 7.09. The van der Waals surface area contributed by atoms with Crippen molar-refractivity contribution >= 4 is 21.2 Å². The van der Waals surface area contributed by atoms with Gasteiger partial charge in [0.15, 0.2) is 0 Å². The molecule has 0 aromatic carbocycles. The molecular weight excluding hydrogens is 366 g/mol. The van der Waals surface area contributed by atoms with Crippen LogP contribution in [0.3, 0.4) is 0 Å². The Balaban J connectivity index is 0. The van der Waals surface area contributed by atoms with Crippen LogP contribution in [0.15, 0.2) is 11.8 Å². The predicted octanol–water partition coefficient (Wildman–Crippen LogP) is 6.22. The largest absolute Gasteiger partial charge is 0.500 e. The Morgan fingerprint density at radius 2 is 1.23 bits per heavy atom. The fourth-order valence-electron chi connectivity index (χ4n) is 3.09. The minimum Gasteiger partial charge on any atom is -0.402 e. The molecule has 0 bridgehead atoms. The second-order valence-electron chi connectivity index (χ2n) is 6.90. The van der Waals surface area contributed by atoms with Gasteiger partial charge in [-0.25, -0.2) is 0 Å². The molecule has 4 nitrogen and oxygen atoms in total. The summed E-state index contributed by atoms with van der Waals surface area (Å²) in [4.78, 5) is 0. The van der Waals surface area contributed by atoms with Crippen molar-refractivity contribution in [1.82, 2.24) is 0 Å². The van der Waals surface area contributed by atoms with E-state index in [0.29, 0.717) is 0 Å². The van der Waals surface area contributed by atoms with E-state index in [2.05, 4.69) is 13.0 Å². The summed E-state index contributed by atoms with van der Waals surface area (Å²) in [5.74, 6) is 0. The summed E-state index contributed by atoms with van der Waals surface area (Å²) in [6.45, 7) is 2.27. The van der Waals surface area contributed by atoms with Crippen molar-refractivity contribution in [1.29, 1.82) is 0 Å². The van der Waals surface area contributed by atoms with Crippen molar-refractivity contribution in [3.8, 4) is 0 Å². The fourth-order valence-corrected chi connectivity index (χ4v) is 4.81. The molecule has 6 heteroatoms. The van der Waals surface area contributed by atoms with E-state index in [1.807, 2.05) is 0 Å². The third-order valence-electron chi connectivity index (χ3n) is 4.85. The molecule has 0 unspecified atom stereocenters. The minimum atomic E-state index is -2.43.